The predicted octanol–water partition coefficient (Wildman–Crippen LogP) is 1.30. The van der Waals surface area contributed by atoms with E-state index in [1.165, 1.54) is 0 Å². The normalized spacial score (nSPS) is 10.9. The van der Waals surface area contributed by atoms with Crippen molar-refractivity contribution in [1.29, 1.82) is 0 Å². The Labute approximate surface area is 91.1 Å². The van der Waals surface area contributed by atoms with Gasteiger partial charge in [-0.1, -0.05) is 0 Å². The van der Waals surface area contributed by atoms with Gasteiger partial charge in [0.25, 0.3) is 0 Å². The molecule has 1 rings (SSSR count). The Bertz CT molecular complexity index is 289. The fourth-order valence-electron chi connectivity index (χ4n) is 1.19. The molecular formula is C11H19N3O. The highest BCUT2D eigenvalue weighted by atomic mass is 16.5. The maximum atomic E-state index is 5.41. The molecule has 4 heteroatoms. The van der Waals surface area contributed by atoms with Crippen LogP contribution in [0.4, 0.5) is 0 Å². The van der Waals surface area contributed by atoms with Gasteiger partial charge in [-0.3, -0.25) is 0 Å². The molecule has 0 aromatic carbocycles. The standard InChI is InChI=1S/C11H19N3O/c1-9(2)15-7-6-12-8-11-4-5-13-10(3)14-11/h4-5,9,12H,6-8H2,1-3H3. The van der Waals surface area contributed by atoms with Gasteiger partial charge in [0, 0.05) is 19.3 Å². The quantitative estimate of drug-likeness (QED) is 0.717. The van der Waals surface area contributed by atoms with E-state index in [9.17, 15) is 0 Å². The zero-order valence-electron chi connectivity index (χ0n) is 9.66. The average molecular weight is 209 g/mol. The SMILES string of the molecule is Cc1nccc(CNCCOC(C)C)n1. The highest BCUT2D eigenvalue weighted by molar-refractivity contribution is 5.00. The smallest absolute Gasteiger partial charge is 0.125 e. The van der Waals surface area contributed by atoms with Gasteiger partial charge in [-0.2, -0.15) is 0 Å². The number of hydrogen-bond acceptors (Lipinski definition) is 4. The Morgan fingerprint density at radius 1 is 1.47 bits per heavy atom. The minimum absolute atomic E-state index is 0.299. The lowest BCUT2D eigenvalue weighted by atomic mass is 10.4. The van der Waals surface area contributed by atoms with Gasteiger partial charge >= 0.3 is 0 Å². The third-order valence-electron chi connectivity index (χ3n) is 1.87. The number of hydrogen-bond donors (Lipinski definition) is 1. The van der Waals surface area contributed by atoms with Gasteiger partial charge in [0.2, 0.25) is 0 Å². The van der Waals surface area contributed by atoms with Gasteiger partial charge in [0.05, 0.1) is 18.4 Å². The molecule has 4 nitrogen and oxygen atoms in total. The molecule has 0 unspecified atom stereocenters. The molecule has 0 saturated carbocycles. The molecule has 0 aliphatic heterocycles. The van der Waals surface area contributed by atoms with Gasteiger partial charge in [-0.05, 0) is 26.8 Å². The summed E-state index contributed by atoms with van der Waals surface area (Å²) in [7, 11) is 0. The highest BCUT2D eigenvalue weighted by Gasteiger charge is 1.96. The van der Waals surface area contributed by atoms with E-state index in [0.29, 0.717) is 6.10 Å². The molecule has 0 spiro atoms. The highest BCUT2D eigenvalue weighted by Crippen LogP contribution is 1.93. The predicted molar refractivity (Wildman–Crippen MR) is 59.6 cm³/mol. The summed E-state index contributed by atoms with van der Waals surface area (Å²) in [6, 6.07) is 1.92. The molecule has 1 N–H and O–H groups in total. The van der Waals surface area contributed by atoms with Crippen LogP contribution in [0.25, 0.3) is 0 Å². The lowest BCUT2D eigenvalue weighted by Gasteiger charge is -2.08. The van der Waals surface area contributed by atoms with Crippen molar-refractivity contribution in [2.24, 2.45) is 0 Å². The van der Waals surface area contributed by atoms with Crippen LogP contribution >= 0.6 is 0 Å². The van der Waals surface area contributed by atoms with Crippen LogP contribution in [0.2, 0.25) is 0 Å². The minimum atomic E-state index is 0.299. The van der Waals surface area contributed by atoms with Crippen molar-refractivity contribution in [3.63, 3.8) is 0 Å². The summed E-state index contributed by atoms with van der Waals surface area (Å²) in [5.41, 5.74) is 1.02. The fraction of sp³-hybridized carbons (Fsp3) is 0.636. The van der Waals surface area contributed by atoms with E-state index in [1.54, 1.807) is 6.20 Å². The van der Waals surface area contributed by atoms with Gasteiger partial charge < -0.3 is 10.1 Å². The summed E-state index contributed by atoms with van der Waals surface area (Å²) in [5, 5.41) is 3.27. The molecule has 1 heterocycles. The molecule has 0 amide bonds. The first-order chi connectivity index (χ1) is 7.18. The molecule has 0 saturated heterocycles. The molecule has 0 radical (unpaired) electrons. The zero-order valence-corrected chi connectivity index (χ0v) is 9.66. The molecule has 15 heavy (non-hydrogen) atoms. The Hall–Kier alpha value is -1.00. The van der Waals surface area contributed by atoms with E-state index in [-0.39, 0.29) is 0 Å². The van der Waals surface area contributed by atoms with Crippen LogP contribution in [0, 0.1) is 6.92 Å². The topological polar surface area (TPSA) is 47.0 Å². The van der Waals surface area contributed by atoms with Gasteiger partial charge in [-0.15, -0.1) is 0 Å². The van der Waals surface area contributed by atoms with Crippen LogP contribution < -0.4 is 5.32 Å². The minimum Gasteiger partial charge on any atom is -0.377 e. The first-order valence-electron chi connectivity index (χ1n) is 5.29. The van der Waals surface area contributed by atoms with Crippen LogP contribution in [0.15, 0.2) is 12.3 Å². The maximum absolute atomic E-state index is 5.41. The van der Waals surface area contributed by atoms with Crippen molar-refractivity contribution >= 4 is 0 Å². The Balaban J connectivity index is 2.15. The first kappa shape index (κ1) is 12.1. The molecule has 1 aromatic heterocycles. The molecule has 0 fully saturated rings. The summed E-state index contributed by atoms with van der Waals surface area (Å²) in [6.45, 7) is 8.32. The molecule has 0 aliphatic carbocycles. The van der Waals surface area contributed by atoms with Crippen LogP contribution in [0.1, 0.15) is 25.4 Å². The van der Waals surface area contributed by atoms with Crippen LogP contribution in [-0.4, -0.2) is 29.2 Å². The number of ether oxygens (including phenoxy) is 1. The zero-order chi connectivity index (χ0) is 11.1. The first-order valence-corrected chi connectivity index (χ1v) is 5.29. The van der Waals surface area contributed by atoms with E-state index < -0.39 is 0 Å². The number of nitrogens with zero attached hydrogens (tertiary/aromatic N) is 2. The van der Waals surface area contributed by atoms with E-state index >= 15 is 0 Å². The van der Waals surface area contributed by atoms with Gasteiger partial charge in [-0.25, -0.2) is 9.97 Å². The van der Waals surface area contributed by atoms with Crippen molar-refractivity contribution in [3.8, 4) is 0 Å². The summed E-state index contributed by atoms with van der Waals surface area (Å²) in [5.74, 6) is 0.813. The summed E-state index contributed by atoms with van der Waals surface area (Å²) in [6.07, 6.45) is 2.08. The second-order valence-electron chi connectivity index (χ2n) is 3.69. The largest absolute Gasteiger partial charge is 0.377 e. The van der Waals surface area contributed by atoms with Crippen LogP contribution in [0.5, 0.6) is 0 Å². The van der Waals surface area contributed by atoms with E-state index in [0.717, 1.165) is 31.2 Å². The van der Waals surface area contributed by atoms with Crippen LogP contribution in [0.3, 0.4) is 0 Å². The average Bonchev–Trinajstić information content (AvgIpc) is 2.17. The third-order valence-corrected chi connectivity index (χ3v) is 1.87. The number of rotatable bonds is 6. The summed E-state index contributed by atoms with van der Waals surface area (Å²) < 4.78 is 5.41. The van der Waals surface area contributed by atoms with Crippen molar-refractivity contribution in [2.45, 2.75) is 33.4 Å². The van der Waals surface area contributed by atoms with Crippen molar-refractivity contribution < 1.29 is 4.74 Å². The molecular weight excluding hydrogens is 190 g/mol. The van der Waals surface area contributed by atoms with E-state index in [1.807, 2.05) is 26.8 Å². The number of aryl methyl sites for hydroxylation is 1. The van der Waals surface area contributed by atoms with Crippen molar-refractivity contribution in [2.75, 3.05) is 13.2 Å². The number of aromatic nitrogens is 2. The van der Waals surface area contributed by atoms with Crippen molar-refractivity contribution in [1.82, 2.24) is 15.3 Å². The van der Waals surface area contributed by atoms with Crippen LogP contribution in [-0.2, 0) is 11.3 Å². The van der Waals surface area contributed by atoms with E-state index in [2.05, 4.69) is 15.3 Å². The Morgan fingerprint density at radius 3 is 2.93 bits per heavy atom. The lowest BCUT2D eigenvalue weighted by molar-refractivity contribution is 0.0806. The second-order valence-corrected chi connectivity index (χ2v) is 3.69. The van der Waals surface area contributed by atoms with Gasteiger partial charge in [0.15, 0.2) is 0 Å². The lowest BCUT2D eigenvalue weighted by Crippen LogP contribution is -2.21. The van der Waals surface area contributed by atoms with Crippen molar-refractivity contribution in [3.05, 3.63) is 23.8 Å². The molecule has 84 valence electrons. The second kappa shape index (κ2) is 6.48. The molecule has 0 aliphatic rings. The molecule has 0 atom stereocenters. The Kier molecular flexibility index (Phi) is 5.21. The number of nitrogens with one attached hydrogen (secondary N) is 1. The van der Waals surface area contributed by atoms with E-state index in [4.69, 9.17) is 4.74 Å². The monoisotopic (exact) mass is 209 g/mol. The van der Waals surface area contributed by atoms with Gasteiger partial charge in [0.1, 0.15) is 5.82 Å². The Morgan fingerprint density at radius 2 is 2.27 bits per heavy atom. The fourth-order valence-corrected chi connectivity index (χ4v) is 1.19. The summed E-state index contributed by atoms with van der Waals surface area (Å²) >= 11 is 0. The third kappa shape index (κ3) is 5.44. The molecule has 0 bridgehead atoms. The molecule has 1 aromatic rings. The maximum Gasteiger partial charge on any atom is 0.125 e. The summed E-state index contributed by atoms with van der Waals surface area (Å²) in [4.78, 5) is 8.34.